The van der Waals surface area contributed by atoms with Gasteiger partial charge in [0.05, 0.1) is 16.8 Å². The Bertz CT molecular complexity index is 529. The van der Waals surface area contributed by atoms with Crippen molar-refractivity contribution < 1.29 is 18.0 Å². The van der Waals surface area contributed by atoms with Crippen molar-refractivity contribution in [2.75, 3.05) is 24.5 Å². The number of fused-ring (bicyclic) bond motifs is 3. The van der Waals surface area contributed by atoms with Gasteiger partial charge in [0.1, 0.15) is 6.17 Å². The first-order chi connectivity index (χ1) is 8.97. The fourth-order valence-electron chi connectivity index (χ4n) is 2.49. The Balaban J connectivity index is 2.08. The van der Waals surface area contributed by atoms with E-state index in [1.807, 2.05) is 4.90 Å². The van der Waals surface area contributed by atoms with Crippen LogP contribution < -0.4 is 15.5 Å². The number of amides is 1. The van der Waals surface area contributed by atoms with Gasteiger partial charge in [0, 0.05) is 19.6 Å². The molecule has 2 heterocycles. The second kappa shape index (κ2) is 4.12. The van der Waals surface area contributed by atoms with E-state index in [1.165, 1.54) is 6.07 Å². The first kappa shape index (κ1) is 12.3. The van der Waals surface area contributed by atoms with E-state index >= 15 is 0 Å². The van der Waals surface area contributed by atoms with Crippen LogP contribution in [0.4, 0.5) is 18.9 Å². The summed E-state index contributed by atoms with van der Waals surface area (Å²) in [5, 5.41) is 5.88. The van der Waals surface area contributed by atoms with Gasteiger partial charge in [-0.15, -0.1) is 0 Å². The summed E-state index contributed by atoms with van der Waals surface area (Å²) < 4.78 is 38.2. The number of rotatable bonds is 0. The van der Waals surface area contributed by atoms with Gasteiger partial charge in [0.25, 0.3) is 5.91 Å². The monoisotopic (exact) mass is 271 g/mol. The van der Waals surface area contributed by atoms with E-state index in [-0.39, 0.29) is 12.1 Å². The maximum atomic E-state index is 12.7. The highest BCUT2D eigenvalue weighted by molar-refractivity contribution is 6.02. The number of benzene rings is 1. The van der Waals surface area contributed by atoms with Gasteiger partial charge in [0.15, 0.2) is 0 Å². The van der Waals surface area contributed by atoms with Crippen LogP contribution in [0.1, 0.15) is 15.9 Å². The van der Waals surface area contributed by atoms with Crippen molar-refractivity contribution in [1.82, 2.24) is 10.6 Å². The zero-order chi connectivity index (χ0) is 13.6. The maximum absolute atomic E-state index is 12.7. The van der Waals surface area contributed by atoms with Gasteiger partial charge in [-0.1, -0.05) is 0 Å². The number of nitrogens with one attached hydrogen (secondary N) is 2. The molecule has 1 saturated heterocycles. The van der Waals surface area contributed by atoms with Gasteiger partial charge >= 0.3 is 6.18 Å². The summed E-state index contributed by atoms with van der Waals surface area (Å²) in [5.41, 5.74) is -0.0607. The van der Waals surface area contributed by atoms with Gasteiger partial charge < -0.3 is 15.5 Å². The summed E-state index contributed by atoms with van der Waals surface area (Å²) in [6.45, 7) is 1.78. The summed E-state index contributed by atoms with van der Waals surface area (Å²) >= 11 is 0. The molecule has 1 atom stereocenters. The third-order valence-corrected chi connectivity index (χ3v) is 3.42. The Labute approximate surface area is 107 Å². The molecular weight excluding hydrogens is 259 g/mol. The second-order valence-electron chi connectivity index (χ2n) is 4.62. The fourth-order valence-corrected chi connectivity index (χ4v) is 2.49. The lowest BCUT2D eigenvalue weighted by molar-refractivity contribution is -0.137. The molecule has 19 heavy (non-hydrogen) atoms. The highest BCUT2D eigenvalue weighted by Crippen LogP contribution is 2.35. The van der Waals surface area contributed by atoms with Gasteiger partial charge in [-0.2, -0.15) is 13.2 Å². The minimum atomic E-state index is -4.40. The van der Waals surface area contributed by atoms with Crippen molar-refractivity contribution in [3.8, 4) is 0 Å². The van der Waals surface area contributed by atoms with Crippen LogP contribution >= 0.6 is 0 Å². The van der Waals surface area contributed by atoms with Crippen molar-refractivity contribution in [3.05, 3.63) is 29.3 Å². The van der Waals surface area contributed by atoms with Crippen molar-refractivity contribution >= 4 is 11.6 Å². The molecule has 2 aliphatic rings. The second-order valence-corrected chi connectivity index (χ2v) is 4.62. The normalized spacial score (nSPS) is 22.6. The molecule has 2 aliphatic heterocycles. The lowest BCUT2D eigenvalue weighted by Crippen LogP contribution is -2.62. The lowest BCUT2D eigenvalue weighted by Gasteiger charge is -2.42. The standard InChI is InChI=1S/C12H12F3N3O/c13-12(14,15)7-1-2-8-9(5-7)18-4-3-16-6-10(18)17-11(8)19/h1-2,5,10,16H,3-4,6H2,(H,17,19)/t10-/m1/s1. The Hall–Kier alpha value is -1.76. The molecule has 0 aliphatic carbocycles. The van der Waals surface area contributed by atoms with E-state index in [0.29, 0.717) is 30.9 Å². The van der Waals surface area contributed by atoms with Crippen molar-refractivity contribution in [2.45, 2.75) is 12.3 Å². The Morgan fingerprint density at radius 1 is 1.32 bits per heavy atom. The molecule has 0 bridgehead atoms. The number of alkyl halides is 3. The maximum Gasteiger partial charge on any atom is 0.416 e. The minimum absolute atomic E-state index is 0.280. The van der Waals surface area contributed by atoms with Crippen LogP contribution in [0, 0.1) is 0 Å². The highest BCUT2D eigenvalue weighted by Gasteiger charge is 2.36. The van der Waals surface area contributed by atoms with Crippen LogP contribution in [-0.2, 0) is 6.18 Å². The zero-order valence-electron chi connectivity index (χ0n) is 9.92. The van der Waals surface area contributed by atoms with E-state index in [1.54, 1.807) is 0 Å². The molecule has 0 spiro atoms. The van der Waals surface area contributed by atoms with E-state index in [4.69, 9.17) is 0 Å². The quantitative estimate of drug-likeness (QED) is 0.745. The first-order valence-corrected chi connectivity index (χ1v) is 5.96. The van der Waals surface area contributed by atoms with Crippen molar-refractivity contribution in [2.24, 2.45) is 0 Å². The number of carbonyl (C=O) groups is 1. The van der Waals surface area contributed by atoms with Gasteiger partial charge in [0.2, 0.25) is 0 Å². The average Bonchev–Trinajstić information content (AvgIpc) is 2.37. The number of hydrogen-bond donors (Lipinski definition) is 2. The molecule has 0 unspecified atom stereocenters. The van der Waals surface area contributed by atoms with Crippen molar-refractivity contribution in [3.63, 3.8) is 0 Å². The Morgan fingerprint density at radius 2 is 2.11 bits per heavy atom. The van der Waals surface area contributed by atoms with Crippen LogP contribution in [0.3, 0.4) is 0 Å². The Morgan fingerprint density at radius 3 is 2.84 bits per heavy atom. The molecule has 0 saturated carbocycles. The number of piperazine rings is 1. The van der Waals surface area contributed by atoms with E-state index in [2.05, 4.69) is 10.6 Å². The molecule has 1 aromatic rings. The molecule has 1 aromatic carbocycles. The van der Waals surface area contributed by atoms with Gasteiger partial charge in [-0.3, -0.25) is 4.79 Å². The molecule has 7 heteroatoms. The average molecular weight is 271 g/mol. The molecule has 4 nitrogen and oxygen atoms in total. The molecule has 2 N–H and O–H groups in total. The van der Waals surface area contributed by atoms with E-state index in [0.717, 1.165) is 12.1 Å². The smallest absolute Gasteiger partial charge is 0.348 e. The third kappa shape index (κ3) is 2.03. The van der Waals surface area contributed by atoms with E-state index < -0.39 is 11.7 Å². The predicted molar refractivity (Wildman–Crippen MR) is 62.9 cm³/mol. The van der Waals surface area contributed by atoms with E-state index in [9.17, 15) is 18.0 Å². The molecule has 3 rings (SSSR count). The molecule has 102 valence electrons. The number of carbonyl (C=O) groups excluding carboxylic acids is 1. The van der Waals surface area contributed by atoms with Gasteiger partial charge in [-0.05, 0) is 18.2 Å². The fraction of sp³-hybridized carbons (Fsp3) is 0.417. The molecule has 0 aromatic heterocycles. The van der Waals surface area contributed by atoms with Gasteiger partial charge in [-0.25, -0.2) is 0 Å². The van der Waals surface area contributed by atoms with Crippen LogP contribution in [-0.4, -0.2) is 31.7 Å². The number of anilines is 1. The van der Waals surface area contributed by atoms with Crippen LogP contribution in [0.2, 0.25) is 0 Å². The Kier molecular flexibility index (Phi) is 2.67. The number of nitrogens with zero attached hydrogens (tertiary/aromatic N) is 1. The number of hydrogen-bond acceptors (Lipinski definition) is 3. The summed E-state index contributed by atoms with van der Waals surface area (Å²) in [6, 6.07) is 3.25. The SMILES string of the molecule is O=C1N[C@H]2CNCCN2c2cc(C(F)(F)F)ccc21. The zero-order valence-corrected chi connectivity index (χ0v) is 9.92. The molecular formula is C12H12F3N3O. The summed E-state index contributed by atoms with van der Waals surface area (Å²) in [7, 11) is 0. The first-order valence-electron chi connectivity index (χ1n) is 5.96. The van der Waals surface area contributed by atoms with Crippen LogP contribution in [0.15, 0.2) is 18.2 Å². The van der Waals surface area contributed by atoms with Crippen LogP contribution in [0.5, 0.6) is 0 Å². The van der Waals surface area contributed by atoms with Crippen molar-refractivity contribution in [1.29, 1.82) is 0 Å². The topological polar surface area (TPSA) is 44.4 Å². The molecule has 1 fully saturated rings. The lowest BCUT2D eigenvalue weighted by atomic mass is 10.0. The molecule has 1 amide bonds. The minimum Gasteiger partial charge on any atom is -0.348 e. The van der Waals surface area contributed by atoms with Crippen LogP contribution in [0.25, 0.3) is 0 Å². The molecule has 0 radical (unpaired) electrons. The predicted octanol–water partition coefficient (Wildman–Crippen LogP) is 1.18. The summed E-state index contributed by atoms with van der Waals surface area (Å²) in [6.07, 6.45) is -4.68. The summed E-state index contributed by atoms with van der Waals surface area (Å²) in [5.74, 6) is -0.325. The third-order valence-electron chi connectivity index (χ3n) is 3.42. The largest absolute Gasteiger partial charge is 0.416 e. The highest BCUT2D eigenvalue weighted by atomic mass is 19.4. The number of halogens is 3. The summed E-state index contributed by atoms with van der Waals surface area (Å²) in [4.78, 5) is 13.7.